The molecule has 1 N–H and O–H groups in total. The van der Waals surface area contributed by atoms with Crippen molar-refractivity contribution in [1.82, 2.24) is 0 Å². The number of rotatable bonds is 3. The van der Waals surface area contributed by atoms with E-state index >= 15 is 0 Å². The molecular formula is C26H42O3Si. The van der Waals surface area contributed by atoms with E-state index in [1.54, 1.807) is 7.11 Å². The normalized spacial score (nSPS) is 38.6. The van der Waals surface area contributed by atoms with Gasteiger partial charge in [0.15, 0.2) is 8.32 Å². The molecule has 2 fully saturated rings. The number of ether oxygens (including phenoxy) is 1. The van der Waals surface area contributed by atoms with E-state index in [1.807, 2.05) is 0 Å². The topological polar surface area (TPSA) is 38.7 Å². The van der Waals surface area contributed by atoms with Crippen molar-refractivity contribution in [3.63, 3.8) is 0 Å². The zero-order valence-corrected chi connectivity index (χ0v) is 21.3. The maximum atomic E-state index is 11.4. The zero-order chi connectivity index (χ0) is 22.1. The van der Waals surface area contributed by atoms with Crippen LogP contribution in [-0.2, 0) is 10.8 Å². The lowest BCUT2D eigenvalue weighted by Gasteiger charge is -2.54. The second kappa shape index (κ2) is 7.35. The zero-order valence-electron chi connectivity index (χ0n) is 20.3. The highest BCUT2D eigenvalue weighted by Gasteiger charge is 2.61. The minimum absolute atomic E-state index is 0.0777. The summed E-state index contributed by atoms with van der Waals surface area (Å²) >= 11 is 0. The Morgan fingerprint density at radius 3 is 2.53 bits per heavy atom. The van der Waals surface area contributed by atoms with E-state index in [-0.39, 0.29) is 22.7 Å². The molecule has 168 valence electrons. The van der Waals surface area contributed by atoms with Crippen LogP contribution < -0.4 is 4.74 Å². The molecule has 0 unspecified atom stereocenters. The SMILES string of the molecule is COc1ccc2c(c1)C[C@@H](C)[C@H]1[C@@H]3[C@H](O)C[C@H](O[Si](C)(C)C(C)(C)C)[C@@]3(C)CC[C@H]21. The highest BCUT2D eigenvalue weighted by Crippen LogP contribution is 2.63. The molecule has 3 aliphatic carbocycles. The molecule has 0 radical (unpaired) electrons. The third-order valence-corrected chi connectivity index (χ3v) is 13.9. The Kier molecular flexibility index (Phi) is 5.48. The largest absolute Gasteiger partial charge is 0.497 e. The summed E-state index contributed by atoms with van der Waals surface area (Å²) in [7, 11) is -0.126. The quantitative estimate of drug-likeness (QED) is 0.584. The first-order valence-electron chi connectivity index (χ1n) is 11.9. The fourth-order valence-corrected chi connectivity index (χ4v) is 8.21. The van der Waals surface area contributed by atoms with E-state index in [1.165, 1.54) is 17.5 Å². The average molecular weight is 431 g/mol. The Labute approximate surface area is 184 Å². The molecule has 0 heterocycles. The number of hydrogen-bond donors (Lipinski definition) is 1. The van der Waals surface area contributed by atoms with Crippen LogP contribution in [0.15, 0.2) is 18.2 Å². The summed E-state index contributed by atoms with van der Waals surface area (Å²) in [6, 6.07) is 6.66. The highest BCUT2D eigenvalue weighted by molar-refractivity contribution is 6.74. The summed E-state index contributed by atoms with van der Waals surface area (Å²) in [6.07, 6.45) is 4.17. The maximum Gasteiger partial charge on any atom is 0.192 e. The molecule has 7 atom stereocenters. The van der Waals surface area contributed by atoms with Gasteiger partial charge in [-0.15, -0.1) is 0 Å². The second-order valence-corrected chi connectivity index (χ2v) is 16.9. The molecule has 0 aliphatic heterocycles. The van der Waals surface area contributed by atoms with Crippen LogP contribution in [0.4, 0.5) is 0 Å². The molecule has 3 nitrogen and oxygen atoms in total. The summed E-state index contributed by atoms with van der Waals surface area (Å²) in [5.74, 6) is 2.95. The van der Waals surface area contributed by atoms with Gasteiger partial charge in [-0.25, -0.2) is 0 Å². The van der Waals surface area contributed by atoms with Crippen LogP contribution in [0.25, 0.3) is 0 Å². The molecule has 0 saturated heterocycles. The number of benzene rings is 1. The van der Waals surface area contributed by atoms with E-state index in [9.17, 15) is 5.11 Å². The summed E-state index contributed by atoms with van der Waals surface area (Å²) in [5.41, 5.74) is 3.03. The van der Waals surface area contributed by atoms with Gasteiger partial charge in [-0.3, -0.25) is 0 Å². The van der Waals surface area contributed by atoms with E-state index in [4.69, 9.17) is 9.16 Å². The molecule has 0 spiro atoms. The maximum absolute atomic E-state index is 11.4. The van der Waals surface area contributed by atoms with Crippen LogP contribution >= 0.6 is 0 Å². The minimum atomic E-state index is -1.88. The van der Waals surface area contributed by atoms with Crippen LogP contribution in [0.2, 0.25) is 18.1 Å². The third kappa shape index (κ3) is 3.38. The van der Waals surface area contributed by atoms with Crippen molar-refractivity contribution in [3.8, 4) is 5.75 Å². The predicted molar refractivity (Wildman–Crippen MR) is 126 cm³/mol. The number of aliphatic hydroxyl groups excluding tert-OH is 1. The third-order valence-electron chi connectivity index (χ3n) is 9.43. The van der Waals surface area contributed by atoms with Gasteiger partial charge in [-0.05, 0) is 96.2 Å². The standard InChI is InChI=1S/C26H42O3Si/c1-16-13-17-14-18(28-6)9-10-19(17)20-11-12-26(5)22(15-21(27)24(26)23(16)20)29-30(7,8)25(2,3)4/h9-10,14,16,20-24,27H,11-13,15H2,1-8H3/t16-,20-,21-,22+,23-,24+,26-/m1/s1. The number of methoxy groups -OCH3 is 1. The van der Waals surface area contributed by atoms with Crippen LogP contribution in [0.3, 0.4) is 0 Å². The van der Waals surface area contributed by atoms with Gasteiger partial charge < -0.3 is 14.3 Å². The molecule has 0 aromatic heterocycles. The van der Waals surface area contributed by atoms with Crippen molar-refractivity contribution < 1.29 is 14.3 Å². The first kappa shape index (κ1) is 22.4. The van der Waals surface area contributed by atoms with E-state index in [0.29, 0.717) is 23.7 Å². The first-order valence-corrected chi connectivity index (χ1v) is 14.8. The van der Waals surface area contributed by atoms with E-state index < -0.39 is 8.32 Å². The van der Waals surface area contributed by atoms with Gasteiger partial charge in [0, 0.05) is 0 Å². The summed E-state index contributed by atoms with van der Waals surface area (Å²) < 4.78 is 12.5. The number of hydrogen-bond acceptors (Lipinski definition) is 3. The number of aliphatic hydroxyl groups is 1. The van der Waals surface area contributed by atoms with Crippen molar-refractivity contribution in [3.05, 3.63) is 29.3 Å². The Bertz CT molecular complexity index is 798. The van der Waals surface area contributed by atoms with Gasteiger partial charge in [-0.1, -0.05) is 40.7 Å². The molecular weight excluding hydrogens is 388 g/mol. The van der Waals surface area contributed by atoms with E-state index in [0.717, 1.165) is 25.0 Å². The number of fused-ring (bicyclic) bond motifs is 5. The van der Waals surface area contributed by atoms with Gasteiger partial charge >= 0.3 is 0 Å². The predicted octanol–water partition coefficient (Wildman–Crippen LogP) is 6.16. The Morgan fingerprint density at radius 1 is 1.20 bits per heavy atom. The lowest BCUT2D eigenvalue weighted by atomic mass is 9.52. The van der Waals surface area contributed by atoms with Crippen LogP contribution in [0, 0.1) is 23.2 Å². The lowest BCUT2D eigenvalue weighted by Crippen LogP contribution is -2.52. The van der Waals surface area contributed by atoms with Gasteiger partial charge in [0.05, 0.1) is 19.3 Å². The first-order chi connectivity index (χ1) is 13.9. The molecule has 4 rings (SSSR count). The van der Waals surface area contributed by atoms with Gasteiger partial charge in [-0.2, -0.15) is 0 Å². The molecule has 0 bridgehead atoms. The minimum Gasteiger partial charge on any atom is -0.497 e. The van der Waals surface area contributed by atoms with Crippen molar-refractivity contribution in [2.75, 3.05) is 7.11 Å². The highest BCUT2D eigenvalue weighted by atomic mass is 28.4. The molecule has 30 heavy (non-hydrogen) atoms. The fraction of sp³-hybridized carbons (Fsp3) is 0.769. The molecule has 2 saturated carbocycles. The molecule has 1 aromatic rings. The summed E-state index contributed by atoms with van der Waals surface area (Å²) in [4.78, 5) is 0. The molecule has 3 aliphatic rings. The van der Waals surface area contributed by atoms with Gasteiger partial charge in [0.25, 0.3) is 0 Å². The lowest BCUT2D eigenvalue weighted by molar-refractivity contribution is -0.0554. The molecule has 4 heteroatoms. The van der Waals surface area contributed by atoms with Crippen molar-refractivity contribution in [2.45, 2.75) is 96.6 Å². The van der Waals surface area contributed by atoms with Crippen molar-refractivity contribution in [2.24, 2.45) is 23.2 Å². The molecule has 1 aromatic carbocycles. The van der Waals surface area contributed by atoms with Gasteiger partial charge in [0.1, 0.15) is 5.75 Å². The summed E-state index contributed by atoms with van der Waals surface area (Å²) in [5, 5.41) is 11.6. The second-order valence-electron chi connectivity index (χ2n) is 12.2. The molecule has 0 amide bonds. The Balaban J connectivity index is 1.66. The van der Waals surface area contributed by atoms with Crippen molar-refractivity contribution >= 4 is 8.32 Å². The van der Waals surface area contributed by atoms with E-state index in [2.05, 4.69) is 65.9 Å². The Hall–Kier alpha value is -0.843. The van der Waals surface area contributed by atoms with Crippen LogP contribution in [-0.4, -0.2) is 32.7 Å². The average Bonchev–Trinajstić information content (AvgIpc) is 2.90. The van der Waals surface area contributed by atoms with Gasteiger partial charge in [0.2, 0.25) is 0 Å². The van der Waals surface area contributed by atoms with Crippen molar-refractivity contribution in [1.29, 1.82) is 0 Å². The Morgan fingerprint density at radius 2 is 1.90 bits per heavy atom. The monoisotopic (exact) mass is 430 g/mol. The smallest absolute Gasteiger partial charge is 0.192 e. The van der Waals surface area contributed by atoms with Crippen LogP contribution in [0.5, 0.6) is 5.75 Å². The fourth-order valence-electron chi connectivity index (χ4n) is 6.78. The van der Waals surface area contributed by atoms with Crippen LogP contribution in [0.1, 0.15) is 70.9 Å². The summed E-state index contributed by atoms with van der Waals surface area (Å²) in [6.45, 7) is 16.5.